The molecule has 0 spiro atoms. The van der Waals surface area contributed by atoms with Gasteiger partial charge < -0.3 is 9.26 Å². The first-order valence-electron chi connectivity index (χ1n) is 9.92. The quantitative estimate of drug-likeness (QED) is 0.404. The van der Waals surface area contributed by atoms with E-state index in [1.54, 1.807) is 11.8 Å². The van der Waals surface area contributed by atoms with E-state index in [0.717, 1.165) is 16.9 Å². The molecule has 0 fully saturated rings. The molecular weight excluding hydrogens is 410 g/mol. The van der Waals surface area contributed by atoms with E-state index in [-0.39, 0.29) is 23.5 Å². The fraction of sp³-hybridized carbons (Fsp3) is 0.182. The van der Waals surface area contributed by atoms with Crippen LogP contribution in [0.25, 0.3) is 22.6 Å². The van der Waals surface area contributed by atoms with E-state index in [1.807, 2.05) is 55.5 Å². The second kappa shape index (κ2) is 8.06. The van der Waals surface area contributed by atoms with Gasteiger partial charge in [-0.2, -0.15) is 4.98 Å². The molecule has 5 rings (SSSR count). The maximum Gasteiger partial charge on any atom is 0.283 e. The van der Waals surface area contributed by atoms with Crippen molar-refractivity contribution in [2.75, 3.05) is 7.11 Å². The molecule has 10 nitrogen and oxygen atoms in total. The molecule has 160 valence electrons. The van der Waals surface area contributed by atoms with Crippen molar-refractivity contribution in [3.63, 3.8) is 0 Å². The van der Waals surface area contributed by atoms with Gasteiger partial charge in [-0.15, -0.1) is 5.10 Å². The van der Waals surface area contributed by atoms with Gasteiger partial charge >= 0.3 is 0 Å². The van der Waals surface area contributed by atoms with Gasteiger partial charge in [-0.05, 0) is 36.8 Å². The number of nitrogens with zero attached hydrogens (tertiary/aromatic N) is 7. The van der Waals surface area contributed by atoms with Crippen molar-refractivity contribution in [2.45, 2.75) is 20.0 Å². The Morgan fingerprint density at radius 3 is 2.56 bits per heavy atom. The van der Waals surface area contributed by atoms with Crippen molar-refractivity contribution >= 4 is 11.2 Å². The van der Waals surface area contributed by atoms with Crippen molar-refractivity contribution in [3.05, 3.63) is 82.2 Å². The first-order valence-corrected chi connectivity index (χ1v) is 9.92. The average molecular weight is 429 g/mol. The topological polar surface area (TPSA) is 114 Å². The van der Waals surface area contributed by atoms with E-state index in [1.165, 1.54) is 16.5 Å². The summed E-state index contributed by atoms with van der Waals surface area (Å²) in [4.78, 5) is 21.7. The van der Waals surface area contributed by atoms with Crippen LogP contribution >= 0.6 is 0 Å². The van der Waals surface area contributed by atoms with Crippen LogP contribution in [-0.4, -0.2) is 41.8 Å². The largest absolute Gasteiger partial charge is 0.497 e. The first kappa shape index (κ1) is 19.6. The lowest BCUT2D eigenvalue weighted by Gasteiger charge is -2.04. The summed E-state index contributed by atoms with van der Waals surface area (Å²) in [6, 6.07) is 15.4. The molecule has 10 heteroatoms. The summed E-state index contributed by atoms with van der Waals surface area (Å²) in [7, 11) is 1.60. The Labute approximate surface area is 182 Å². The lowest BCUT2D eigenvalue weighted by Crippen LogP contribution is -2.21. The second-order valence-electron chi connectivity index (χ2n) is 7.32. The van der Waals surface area contributed by atoms with Crippen LogP contribution in [0.2, 0.25) is 0 Å². The highest BCUT2D eigenvalue weighted by Gasteiger charge is 2.15. The van der Waals surface area contributed by atoms with Gasteiger partial charge in [-0.25, -0.2) is 9.67 Å². The molecule has 0 amide bonds. The van der Waals surface area contributed by atoms with Crippen LogP contribution < -0.4 is 10.3 Å². The number of ether oxygens (including phenoxy) is 1. The fourth-order valence-corrected chi connectivity index (χ4v) is 3.29. The van der Waals surface area contributed by atoms with Crippen molar-refractivity contribution in [1.29, 1.82) is 0 Å². The van der Waals surface area contributed by atoms with Crippen LogP contribution in [0.1, 0.15) is 17.0 Å². The SMILES string of the molecule is COc1ccc(-c2noc(Cn3cnc4c(nnn4Cc4ccc(C)cc4)c3=O)n2)cc1. The number of aryl methyl sites for hydroxylation is 1. The number of rotatable bonds is 6. The maximum absolute atomic E-state index is 12.9. The molecule has 0 saturated carbocycles. The third-order valence-corrected chi connectivity index (χ3v) is 5.07. The molecule has 2 aromatic carbocycles. The zero-order chi connectivity index (χ0) is 22.1. The van der Waals surface area contributed by atoms with Crippen molar-refractivity contribution in [3.8, 4) is 17.1 Å². The van der Waals surface area contributed by atoms with Crippen molar-refractivity contribution < 1.29 is 9.26 Å². The molecule has 0 aliphatic heterocycles. The molecule has 3 aromatic heterocycles. The summed E-state index contributed by atoms with van der Waals surface area (Å²) in [5.74, 6) is 1.44. The lowest BCUT2D eigenvalue weighted by atomic mass is 10.1. The third-order valence-electron chi connectivity index (χ3n) is 5.07. The minimum atomic E-state index is -0.325. The van der Waals surface area contributed by atoms with Gasteiger partial charge in [0.25, 0.3) is 5.56 Å². The fourth-order valence-electron chi connectivity index (χ4n) is 3.29. The van der Waals surface area contributed by atoms with Crippen LogP contribution in [-0.2, 0) is 13.1 Å². The van der Waals surface area contributed by atoms with Gasteiger partial charge in [-0.1, -0.05) is 40.2 Å². The highest BCUT2D eigenvalue weighted by Crippen LogP contribution is 2.20. The summed E-state index contributed by atoms with van der Waals surface area (Å²) in [5, 5.41) is 12.1. The Balaban J connectivity index is 1.38. The van der Waals surface area contributed by atoms with Gasteiger partial charge in [0.2, 0.25) is 11.7 Å². The Morgan fingerprint density at radius 1 is 1.03 bits per heavy atom. The van der Waals surface area contributed by atoms with E-state index in [0.29, 0.717) is 18.0 Å². The molecule has 0 aliphatic rings. The first-order chi connectivity index (χ1) is 15.6. The van der Waals surface area contributed by atoms with Crippen molar-refractivity contribution in [2.24, 2.45) is 0 Å². The van der Waals surface area contributed by atoms with E-state index in [9.17, 15) is 4.79 Å². The number of hydrogen-bond donors (Lipinski definition) is 0. The number of methoxy groups -OCH3 is 1. The summed E-state index contributed by atoms with van der Waals surface area (Å²) in [6.45, 7) is 2.58. The van der Waals surface area contributed by atoms with E-state index in [4.69, 9.17) is 9.26 Å². The summed E-state index contributed by atoms with van der Waals surface area (Å²) in [5.41, 5.74) is 3.29. The zero-order valence-corrected chi connectivity index (χ0v) is 17.5. The summed E-state index contributed by atoms with van der Waals surface area (Å²) >= 11 is 0. The molecule has 0 atom stereocenters. The molecule has 32 heavy (non-hydrogen) atoms. The smallest absolute Gasteiger partial charge is 0.283 e. The van der Waals surface area contributed by atoms with Crippen LogP contribution in [0, 0.1) is 6.92 Å². The van der Waals surface area contributed by atoms with Crippen LogP contribution in [0.3, 0.4) is 0 Å². The van der Waals surface area contributed by atoms with Crippen LogP contribution in [0.5, 0.6) is 5.75 Å². The molecule has 0 aliphatic carbocycles. The van der Waals surface area contributed by atoms with Gasteiger partial charge in [0.15, 0.2) is 11.2 Å². The van der Waals surface area contributed by atoms with Crippen LogP contribution in [0.4, 0.5) is 0 Å². The lowest BCUT2D eigenvalue weighted by molar-refractivity contribution is 0.369. The maximum atomic E-state index is 12.9. The molecule has 0 radical (unpaired) electrons. The van der Waals surface area contributed by atoms with E-state index < -0.39 is 0 Å². The van der Waals surface area contributed by atoms with Gasteiger partial charge in [0.05, 0.1) is 13.7 Å². The normalized spacial score (nSPS) is 11.2. The van der Waals surface area contributed by atoms with Gasteiger partial charge in [0, 0.05) is 5.56 Å². The summed E-state index contributed by atoms with van der Waals surface area (Å²) < 4.78 is 13.5. The number of benzene rings is 2. The molecule has 5 aromatic rings. The third kappa shape index (κ3) is 3.73. The molecule has 0 saturated heterocycles. The van der Waals surface area contributed by atoms with Gasteiger partial charge in [0.1, 0.15) is 18.6 Å². The molecule has 0 bridgehead atoms. The van der Waals surface area contributed by atoms with E-state index in [2.05, 4.69) is 25.4 Å². The number of fused-ring (bicyclic) bond motifs is 1. The standard InChI is InChI=1S/C22H19N7O3/c1-14-3-5-15(6-4-14)11-29-21-19(25-27-29)22(30)28(13-23-21)12-18-24-20(26-32-18)16-7-9-17(31-2)10-8-16/h3-10,13H,11-12H2,1-2H3. The highest BCUT2D eigenvalue weighted by atomic mass is 16.5. The van der Waals surface area contributed by atoms with Gasteiger partial charge in [-0.3, -0.25) is 9.36 Å². The predicted molar refractivity (Wildman–Crippen MR) is 115 cm³/mol. The molecule has 3 heterocycles. The molecule has 0 N–H and O–H groups in total. The molecule has 0 unspecified atom stereocenters. The Morgan fingerprint density at radius 2 is 1.81 bits per heavy atom. The Hall–Kier alpha value is -4.34. The average Bonchev–Trinajstić information content (AvgIpc) is 3.45. The summed E-state index contributed by atoms with van der Waals surface area (Å²) in [6.07, 6.45) is 1.44. The Bertz CT molecular complexity index is 1430. The minimum Gasteiger partial charge on any atom is -0.497 e. The van der Waals surface area contributed by atoms with Crippen LogP contribution in [0.15, 0.2) is 64.2 Å². The monoisotopic (exact) mass is 429 g/mol. The predicted octanol–water partition coefficient (Wildman–Crippen LogP) is 2.45. The van der Waals surface area contributed by atoms with E-state index >= 15 is 0 Å². The number of aromatic nitrogens is 7. The van der Waals surface area contributed by atoms with Crippen molar-refractivity contribution in [1.82, 2.24) is 34.7 Å². The Kier molecular flexibility index (Phi) is 4.94. The second-order valence-corrected chi connectivity index (χ2v) is 7.32. The minimum absolute atomic E-state index is 0.0791. The zero-order valence-electron chi connectivity index (χ0n) is 17.5. The highest BCUT2D eigenvalue weighted by molar-refractivity contribution is 5.67. The number of hydrogen-bond acceptors (Lipinski definition) is 8. The molecular formula is C22H19N7O3.